The fourth-order valence-corrected chi connectivity index (χ4v) is 3.92. The third-order valence-electron chi connectivity index (χ3n) is 4.97. The van der Waals surface area contributed by atoms with E-state index in [0.717, 1.165) is 11.8 Å². The fraction of sp³-hybridized carbons (Fsp3) is 1.00. The van der Waals surface area contributed by atoms with E-state index < -0.39 is 0 Å². The second-order valence-corrected chi connectivity index (χ2v) is 6.21. The van der Waals surface area contributed by atoms with E-state index >= 15 is 0 Å². The second kappa shape index (κ2) is 9.54. The van der Waals surface area contributed by atoms with Gasteiger partial charge in [-0.1, -0.05) is 89.9 Å². The van der Waals surface area contributed by atoms with E-state index in [0.29, 0.717) is 0 Å². The van der Waals surface area contributed by atoms with Crippen molar-refractivity contribution in [3.05, 3.63) is 0 Å². The molecule has 2 saturated carbocycles. The Bertz CT molecular complexity index is 142. The maximum absolute atomic E-state index is 1.56. The fourth-order valence-electron chi connectivity index (χ4n) is 3.92. The van der Waals surface area contributed by atoms with Crippen molar-refractivity contribution in [1.82, 2.24) is 0 Å². The van der Waals surface area contributed by atoms with Gasteiger partial charge in [-0.15, -0.1) is 0 Å². The molecule has 0 atom stereocenters. The molecule has 2 aliphatic carbocycles. The molecule has 17 heavy (non-hydrogen) atoms. The first-order valence-corrected chi connectivity index (χ1v) is 7.97. The molecule has 0 nitrogen and oxygen atoms in total. The molecular weight excluding hydrogens is 258 g/mol. The van der Waals surface area contributed by atoms with Crippen molar-refractivity contribution in [3.63, 3.8) is 0 Å². The average molecular weight is 288 g/mol. The smallest absolute Gasteiger partial charge is 0 e. The van der Waals surface area contributed by atoms with E-state index in [2.05, 4.69) is 0 Å². The predicted octanol–water partition coefficient (Wildman–Crippen LogP) is 5.70. The van der Waals surface area contributed by atoms with Crippen molar-refractivity contribution in [2.75, 3.05) is 0 Å². The molecule has 0 heterocycles. The van der Waals surface area contributed by atoms with Crippen LogP contribution < -0.4 is 0 Å². The topological polar surface area (TPSA) is 0 Å². The van der Waals surface area contributed by atoms with Gasteiger partial charge < -0.3 is 0 Å². The van der Waals surface area contributed by atoms with Crippen molar-refractivity contribution >= 4 is 0 Å². The van der Waals surface area contributed by atoms with Crippen molar-refractivity contribution in [2.24, 2.45) is 11.8 Å². The minimum atomic E-state index is 0. The molecule has 96 valence electrons. The summed E-state index contributed by atoms with van der Waals surface area (Å²) in [4.78, 5) is 0. The summed E-state index contributed by atoms with van der Waals surface area (Å²) in [7, 11) is 0. The van der Waals surface area contributed by atoms with Gasteiger partial charge in [0.05, 0.1) is 0 Å². The average Bonchev–Trinajstić information content (AvgIpc) is 2.18. The molecule has 0 bridgehead atoms. The van der Waals surface area contributed by atoms with Gasteiger partial charge in [-0.25, -0.2) is 0 Å². The van der Waals surface area contributed by atoms with Crippen molar-refractivity contribution in [1.29, 1.82) is 0 Å². The zero-order valence-corrected chi connectivity index (χ0v) is 14.7. The monoisotopic (exact) mass is 286 g/mol. The molecule has 0 amide bonds. The molecule has 0 unspecified atom stereocenters. The van der Waals surface area contributed by atoms with Gasteiger partial charge >= 0.3 is 0 Å². The zero-order chi connectivity index (χ0) is 11.1. The Morgan fingerprint density at radius 1 is 0.353 bits per heavy atom. The summed E-state index contributed by atoms with van der Waals surface area (Å²) in [5, 5.41) is 0. The molecule has 0 aliphatic heterocycles. The molecule has 0 radical (unpaired) electrons. The van der Waals surface area contributed by atoms with Crippen LogP contribution in [0.2, 0.25) is 0 Å². The van der Waals surface area contributed by atoms with Crippen LogP contribution >= 0.6 is 0 Å². The van der Waals surface area contributed by atoms with Crippen molar-refractivity contribution < 1.29 is 19.5 Å². The van der Waals surface area contributed by atoms with E-state index in [-0.39, 0.29) is 19.5 Å². The van der Waals surface area contributed by atoms with Crippen LogP contribution in [0.25, 0.3) is 0 Å². The molecule has 0 aromatic rings. The Kier molecular flexibility index (Phi) is 8.80. The Morgan fingerprint density at radius 3 is 0.882 bits per heavy atom. The van der Waals surface area contributed by atoms with Crippen LogP contribution in [0.3, 0.4) is 0 Å². The summed E-state index contributed by atoms with van der Waals surface area (Å²) in [6.07, 6.45) is 21.4. The van der Waals surface area contributed by atoms with Crippen molar-refractivity contribution in [3.8, 4) is 0 Å². The van der Waals surface area contributed by atoms with Gasteiger partial charge in [-0.2, -0.15) is 0 Å². The number of hydrogen-bond acceptors (Lipinski definition) is 0. The van der Waals surface area contributed by atoms with Gasteiger partial charge in [0.2, 0.25) is 0 Å². The van der Waals surface area contributed by atoms with E-state index in [1.807, 2.05) is 0 Å². The van der Waals surface area contributed by atoms with Crippen LogP contribution in [0.1, 0.15) is 89.9 Å². The van der Waals surface area contributed by atoms with Gasteiger partial charge in [0, 0.05) is 19.5 Å². The molecule has 0 spiro atoms. The van der Waals surface area contributed by atoms with Gasteiger partial charge in [-0.05, 0) is 11.8 Å². The van der Waals surface area contributed by atoms with Crippen LogP contribution in [0.5, 0.6) is 0 Å². The third-order valence-corrected chi connectivity index (χ3v) is 4.97. The van der Waals surface area contributed by atoms with Crippen LogP contribution in [-0.2, 0) is 19.5 Å². The first-order chi connectivity index (χ1) is 7.97. The van der Waals surface area contributed by atoms with Crippen LogP contribution in [0.15, 0.2) is 0 Å². The van der Waals surface area contributed by atoms with Crippen molar-refractivity contribution in [2.45, 2.75) is 89.9 Å². The SMILES string of the molecule is C1CCCC(C2CCCCCCC2)CCC1.[Zn]. The number of hydrogen-bond donors (Lipinski definition) is 0. The van der Waals surface area contributed by atoms with Crippen LogP contribution in [0.4, 0.5) is 0 Å². The van der Waals surface area contributed by atoms with Gasteiger partial charge in [0.25, 0.3) is 0 Å². The van der Waals surface area contributed by atoms with E-state index in [4.69, 9.17) is 0 Å². The Morgan fingerprint density at radius 2 is 0.588 bits per heavy atom. The molecule has 2 fully saturated rings. The molecular formula is C16H30Zn. The molecule has 1 heteroatoms. The van der Waals surface area contributed by atoms with Gasteiger partial charge in [0.15, 0.2) is 0 Å². The van der Waals surface area contributed by atoms with Gasteiger partial charge in [-0.3, -0.25) is 0 Å². The summed E-state index contributed by atoms with van der Waals surface area (Å²) in [6, 6.07) is 0. The molecule has 2 rings (SSSR count). The predicted molar refractivity (Wildman–Crippen MR) is 71.6 cm³/mol. The molecule has 0 saturated heterocycles. The Hall–Kier alpha value is 0.623. The normalized spacial score (nSPS) is 26.1. The maximum atomic E-state index is 1.56. The van der Waals surface area contributed by atoms with E-state index in [1.54, 1.807) is 25.7 Å². The molecule has 2 aliphatic rings. The summed E-state index contributed by atoms with van der Waals surface area (Å²) < 4.78 is 0. The molecule has 0 aromatic carbocycles. The zero-order valence-electron chi connectivity index (χ0n) is 11.8. The summed E-state index contributed by atoms with van der Waals surface area (Å²) in [6.45, 7) is 0. The van der Waals surface area contributed by atoms with Crippen LogP contribution in [-0.4, -0.2) is 0 Å². The minimum absolute atomic E-state index is 0. The quantitative estimate of drug-likeness (QED) is 0.542. The Balaban J connectivity index is 0.00000144. The Labute approximate surface area is 121 Å². The van der Waals surface area contributed by atoms with E-state index in [1.165, 1.54) is 64.2 Å². The maximum Gasteiger partial charge on any atom is 0 e. The first-order valence-electron chi connectivity index (χ1n) is 7.97. The summed E-state index contributed by atoms with van der Waals surface area (Å²) in [5.74, 6) is 2.22. The summed E-state index contributed by atoms with van der Waals surface area (Å²) >= 11 is 0. The van der Waals surface area contributed by atoms with E-state index in [9.17, 15) is 0 Å². The third kappa shape index (κ3) is 5.86. The standard InChI is InChI=1S/C16H30.Zn/c1-3-7-11-15(12-8-4-1)16-13-9-5-2-6-10-14-16;/h15-16H,1-14H2;. The number of rotatable bonds is 1. The minimum Gasteiger partial charge on any atom is -0.0533 e. The summed E-state index contributed by atoms with van der Waals surface area (Å²) in [5.41, 5.74) is 0. The second-order valence-electron chi connectivity index (χ2n) is 6.21. The van der Waals surface area contributed by atoms with Gasteiger partial charge in [0.1, 0.15) is 0 Å². The molecule has 0 N–H and O–H groups in total. The molecule has 0 aromatic heterocycles. The largest absolute Gasteiger partial charge is 0.0533 e. The van der Waals surface area contributed by atoms with Crippen LogP contribution in [0, 0.1) is 11.8 Å². The first kappa shape index (κ1) is 15.7.